The summed E-state index contributed by atoms with van der Waals surface area (Å²) in [5.41, 5.74) is -0.520. The summed E-state index contributed by atoms with van der Waals surface area (Å²) in [6, 6.07) is 7.48. The van der Waals surface area contributed by atoms with Crippen LogP contribution in [0.1, 0.15) is 19.4 Å². The van der Waals surface area contributed by atoms with Crippen LogP contribution in [0.4, 0.5) is 0 Å². The number of para-hydroxylation sites is 1. The highest BCUT2D eigenvalue weighted by atomic mass is 16.5. The molecular formula is C14H17NO4. The van der Waals surface area contributed by atoms with Gasteiger partial charge in [0.1, 0.15) is 17.8 Å². The van der Waals surface area contributed by atoms with E-state index in [0.717, 1.165) is 11.3 Å². The summed E-state index contributed by atoms with van der Waals surface area (Å²) in [6.07, 6.45) is 0. The van der Waals surface area contributed by atoms with Crippen molar-refractivity contribution in [2.75, 3.05) is 13.2 Å². The molecule has 19 heavy (non-hydrogen) atoms. The molecule has 1 aromatic rings. The third-order valence-electron chi connectivity index (χ3n) is 3.31. The van der Waals surface area contributed by atoms with Gasteiger partial charge in [0.05, 0.1) is 6.54 Å². The van der Waals surface area contributed by atoms with Gasteiger partial charge in [-0.15, -0.1) is 0 Å². The number of fused-ring (bicyclic) bond motifs is 1. The van der Waals surface area contributed by atoms with Crippen LogP contribution < -0.4 is 4.74 Å². The SMILES string of the molecule is CC(C)(C(=O)O)C(=O)N1CCOc2ccccc2C1. The van der Waals surface area contributed by atoms with Crippen molar-refractivity contribution in [2.24, 2.45) is 5.41 Å². The first kappa shape index (κ1) is 13.4. The summed E-state index contributed by atoms with van der Waals surface area (Å²) < 4.78 is 5.56. The number of carboxylic acid groups (broad SMARTS) is 1. The van der Waals surface area contributed by atoms with Gasteiger partial charge in [-0.05, 0) is 19.9 Å². The number of hydrogen-bond acceptors (Lipinski definition) is 3. The van der Waals surface area contributed by atoms with Gasteiger partial charge in [0, 0.05) is 12.1 Å². The largest absolute Gasteiger partial charge is 0.491 e. The van der Waals surface area contributed by atoms with E-state index in [1.54, 1.807) is 4.90 Å². The van der Waals surface area contributed by atoms with Gasteiger partial charge in [0.2, 0.25) is 5.91 Å². The summed E-state index contributed by atoms with van der Waals surface area (Å²) in [5.74, 6) is -0.748. The highest BCUT2D eigenvalue weighted by Gasteiger charge is 2.39. The van der Waals surface area contributed by atoms with Crippen molar-refractivity contribution < 1.29 is 19.4 Å². The van der Waals surface area contributed by atoms with E-state index in [4.69, 9.17) is 9.84 Å². The van der Waals surface area contributed by atoms with Crippen molar-refractivity contribution in [3.05, 3.63) is 29.8 Å². The molecule has 1 heterocycles. The van der Waals surface area contributed by atoms with Gasteiger partial charge in [0.25, 0.3) is 0 Å². The molecule has 0 saturated heterocycles. The first-order chi connectivity index (χ1) is 8.93. The minimum atomic E-state index is -1.42. The number of carbonyl (C=O) groups excluding carboxylic acids is 1. The third kappa shape index (κ3) is 2.54. The topological polar surface area (TPSA) is 66.8 Å². The molecule has 0 spiro atoms. The molecule has 2 rings (SSSR count). The third-order valence-corrected chi connectivity index (χ3v) is 3.31. The van der Waals surface area contributed by atoms with Crippen LogP contribution in [-0.4, -0.2) is 35.0 Å². The van der Waals surface area contributed by atoms with Crippen molar-refractivity contribution in [2.45, 2.75) is 20.4 Å². The van der Waals surface area contributed by atoms with Crippen LogP contribution in [0.25, 0.3) is 0 Å². The van der Waals surface area contributed by atoms with E-state index in [-0.39, 0.29) is 5.91 Å². The molecule has 0 aromatic heterocycles. The Hall–Kier alpha value is -2.04. The van der Waals surface area contributed by atoms with Gasteiger partial charge in [0.15, 0.2) is 0 Å². The minimum absolute atomic E-state index is 0.373. The number of carbonyl (C=O) groups is 2. The van der Waals surface area contributed by atoms with E-state index in [0.29, 0.717) is 19.7 Å². The van der Waals surface area contributed by atoms with E-state index in [1.807, 2.05) is 24.3 Å². The van der Waals surface area contributed by atoms with Crippen LogP contribution in [0, 0.1) is 5.41 Å². The molecular weight excluding hydrogens is 246 g/mol. The first-order valence-corrected chi connectivity index (χ1v) is 6.16. The second-order valence-electron chi connectivity index (χ2n) is 5.11. The monoisotopic (exact) mass is 263 g/mol. The normalized spacial score (nSPS) is 15.2. The van der Waals surface area contributed by atoms with E-state index in [1.165, 1.54) is 13.8 Å². The van der Waals surface area contributed by atoms with Crippen LogP contribution in [-0.2, 0) is 16.1 Å². The van der Waals surface area contributed by atoms with E-state index < -0.39 is 11.4 Å². The Balaban J connectivity index is 2.24. The molecule has 1 aliphatic heterocycles. The van der Waals surface area contributed by atoms with Crippen LogP contribution in [0.3, 0.4) is 0 Å². The smallest absolute Gasteiger partial charge is 0.318 e. The Labute approximate surface area is 111 Å². The number of nitrogens with zero attached hydrogens (tertiary/aromatic N) is 1. The zero-order chi connectivity index (χ0) is 14.0. The maximum atomic E-state index is 12.3. The molecule has 5 heteroatoms. The second-order valence-corrected chi connectivity index (χ2v) is 5.11. The van der Waals surface area contributed by atoms with Gasteiger partial charge in [-0.3, -0.25) is 9.59 Å². The fourth-order valence-electron chi connectivity index (χ4n) is 1.99. The Morgan fingerprint density at radius 1 is 1.32 bits per heavy atom. The predicted molar refractivity (Wildman–Crippen MR) is 68.8 cm³/mol. The van der Waals surface area contributed by atoms with Crippen molar-refractivity contribution in [1.29, 1.82) is 0 Å². The van der Waals surface area contributed by atoms with E-state index >= 15 is 0 Å². The molecule has 0 atom stereocenters. The molecule has 0 unspecified atom stereocenters. The summed E-state index contributed by atoms with van der Waals surface area (Å²) in [5, 5.41) is 9.13. The summed E-state index contributed by atoms with van der Waals surface area (Å²) in [6.45, 7) is 4.00. The molecule has 5 nitrogen and oxygen atoms in total. The average Bonchev–Trinajstić information content (AvgIpc) is 2.59. The molecule has 1 amide bonds. The number of carboxylic acids is 1. The Bertz CT molecular complexity index is 510. The number of rotatable bonds is 2. The van der Waals surface area contributed by atoms with Gasteiger partial charge < -0.3 is 14.7 Å². The number of benzene rings is 1. The van der Waals surface area contributed by atoms with Crippen molar-refractivity contribution >= 4 is 11.9 Å². The Kier molecular flexibility index (Phi) is 3.46. The molecule has 0 fully saturated rings. The molecule has 1 N–H and O–H groups in total. The molecule has 0 saturated carbocycles. The van der Waals surface area contributed by atoms with E-state index in [2.05, 4.69) is 0 Å². The van der Waals surface area contributed by atoms with Crippen LogP contribution >= 0.6 is 0 Å². The first-order valence-electron chi connectivity index (χ1n) is 6.16. The molecule has 0 radical (unpaired) electrons. The number of amides is 1. The van der Waals surface area contributed by atoms with Crippen molar-refractivity contribution in [3.8, 4) is 5.75 Å². The minimum Gasteiger partial charge on any atom is -0.491 e. The highest BCUT2D eigenvalue weighted by molar-refractivity contribution is 6.01. The molecule has 1 aliphatic rings. The zero-order valence-electron chi connectivity index (χ0n) is 11.0. The predicted octanol–water partition coefficient (Wildman–Crippen LogP) is 1.52. The van der Waals surface area contributed by atoms with Gasteiger partial charge in [-0.2, -0.15) is 0 Å². The van der Waals surface area contributed by atoms with Crippen LogP contribution in [0.5, 0.6) is 5.75 Å². The van der Waals surface area contributed by atoms with Gasteiger partial charge in [-0.25, -0.2) is 0 Å². The van der Waals surface area contributed by atoms with Gasteiger partial charge in [-0.1, -0.05) is 18.2 Å². The highest BCUT2D eigenvalue weighted by Crippen LogP contribution is 2.26. The Morgan fingerprint density at radius 3 is 2.68 bits per heavy atom. The maximum absolute atomic E-state index is 12.3. The van der Waals surface area contributed by atoms with Crippen LogP contribution in [0.2, 0.25) is 0 Å². The Morgan fingerprint density at radius 2 is 2.00 bits per heavy atom. The lowest BCUT2D eigenvalue weighted by atomic mass is 9.91. The van der Waals surface area contributed by atoms with Crippen LogP contribution in [0.15, 0.2) is 24.3 Å². The fraction of sp³-hybridized carbons (Fsp3) is 0.429. The van der Waals surface area contributed by atoms with Gasteiger partial charge >= 0.3 is 5.97 Å². The molecule has 0 aliphatic carbocycles. The quantitative estimate of drug-likeness (QED) is 0.821. The molecule has 1 aromatic carbocycles. The second kappa shape index (κ2) is 4.91. The summed E-state index contributed by atoms with van der Waals surface area (Å²) in [4.78, 5) is 25.0. The van der Waals surface area contributed by atoms with Crippen molar-refractivity contribution in [1.82, 2.24) is 4.90 Å². The van der Waals surface area contributed by atoms with Crippen molar-refractivity contribution in [3.63, 3.8) is 0 Å². The fourth-order valence-corrected chi connectivity index (χ4v) is 1.99. The number of ether oxygens (including phenoxy) is 1. The average molecular weight is 263 g/mol. The maximum Gasteiger partial charge on any atom is 0.318 e. The lowest BCUT2D eigenvalue weighted by molar-refractivity contribution is -0.158. The summed E-state index contributed by atoms with van der Waals surface area (Å²) >= 11 is 0. The molecule has 0 bridgehead atoms. The van der Waals surface area contributed by atoms with E-state index in [9.17, 15) is 9.59 Å². The lowest BCUT2D eigenvalue weighted by Gasteiger charge is -2.27. The lowest BCUT2D eigenvalue weighted by Crippen LogP contribution is -2.45. The summed E-state index contributed by atoms with van der Waals surface area (Å²) in [7, 11) is 0. The zero-order valence-corrected chi connectivity index (χ0v) is 11.0. The molecule has 102 valence electrons. The number of hydrogen-bond donors (Lipinski definition) is 1. The number of aliphatic carboxylic acids is 1. The standard InChI is InChI=1S/C14H17NO4/c1-14(2,13(17)18)12(16)15-7-8-19-11-6-4-3-5-10(11)9-15/h3-6H,7-9H2,1-2H3,(H,17,18).